The fourth-order valence-electron chi connectivity index (χ4n) is 2.91. The van der Waals surface area contributed by atoms with E-state index in [2.05, 4.69) is 21.3 Å². The van der Waals surface area contributed by atoms with Crippen LogP contribution in [0.15, 0.2) is 36.2 Å². The maximum atomic E-state index is 12.6. The Morgan fingerprint density at radius 2 is 2.40 bits per heavy atom. The molecule has 2 aromatic rings. The molecule has 0 saturated carbocycles. The van der Waals surface area contributed by atoms with E-state index in [9.17, 15) is 9.59 Å². The number of thiophene rings is 1. The molecule has 0 radical (unpaired) electrons. The number of imidazole rings is 1. The zero-order valence-corrected chi connectivity index (χ0v) is 15.1. The summed E-state index contributed by atoms with van der Waals surface area (Å²) in [5.74, 6) is -0.0717. The minimum Gasteiger partial charge on any atom is -0.353 e. The van der Waals surface area contributed by atoms with Gasteiger partial charge in [0.2, 0.25) is 11.8 Å². The second kappa shape index (κ2) is 8.26. The number of nitrogens with zero attached hydrogens (tertiary/aromatic N) is 4. The third kappa shape index (κ3) is 4.67. The van der Waals surface area contributed by atoms with Gasteiger partial charge in [-0.1, -0.05) is 6.07 Å². The maximum absolute atomic E-state index is 12.6. The number of piperazine rings is 1. The molecule has 25 heavy (non-hydrogen) atoms. The van der Waals surface area contributed by atoms with Crippen molar-refractivity contribution in [2.24, 2.45) is 0 Å². The van der Waals surface area contributed by atoms with E-state index in [4.69, 9.17) is 0 Å². The Bertz CT molecular complexity index is 686. The Morgan fingerprint density at radius 3 is 3.12 bits per heavy atom. The Kier molecular flexibility index (Phi) is 5.83. The highest BCUT2D eigenvalue weighted by atomic mass is 32.1. The molecule has 7 nitrogen and oxygen atoms in total. The van der Waals surface area contributed by atoms with Gasteiger partial charge in [-0.3, -0.25) is 14.5 Å². The molecular formula is C17H23N5O2S. The van der Waals surface area contributed by atoms with Gasteiger partial charge in [0.15, 0.2) is 0 Å². The van der Waals surface area contributed by atoms with Gasteiger partial charge < -0.3 is 14.8 Å². The summed E-state index contributed by atoms with van der Waals surface area (Å²) in [5.41, 5.74) is 0. The van der Waals surface area contributed by atoms with Crippen LogP contribution in [-0.4, -0.2) is 63.9 Å². The van der Waals surface area contributed by atoms with Gasteiger partial charge in [-0.25, -0.2) is 4.98 Å². The third-order valence-corrected chi connectivity index (χ3v) is 5.29. The van der Waals surface area contributed by atoms with Crippen LogP contribution in [0.25, 0.3) is 0 Å². The van der Waals surface area contributed by atoms with Gasteiger partial charge in [-0.05, 0) is 11.4 Å². The van der Waals surface area contributed by atoms with Crippen LogP contribution in [0.3, 0.4) is 0 Å². The van der Waals surface area contributed by atoms with Crippen LogP contribution in [0.5, 0.6) is 0 Å². The smallest absolute Gasteiger partial charge is 0.237 e. The van der Waals surface area contributed by atoms with Gasteiger partial charge in [0.05, 0.1) is 18.8 Å². The quantitative estimate of drug-likeness (QED) is 0.792. The number of carbonyl (C=O) groups is 2. The zero-order valence-electron chi connectivity index (χ0n) is 14.3. The van der Waals surface area contributed by atoms with Crippen molar-refractivity contribution in [1.82, 2.24) is 24.7 Å². The molecule has 0 aromatic carbocycles. The van der Waals surface area contributed by atoms with Crippen molar-refractivity contribution < 1.29 is 9.59 Å². The molecule has 134 valence electrons. The summed E-state index contributed by atoms with van der Waals surface area (Å²) >= 11 is 1.67. The molecule has 3 rings (SSSR count). The largest absolute Gasteiger partial charge is 0.353 e. The fourth-order valence-corrected chi connectivity index (χ4v) is 3.64. The number of nitrogens with one attached hydrogen (secondary N) is 1. The first kappa shape index (κ1) is 17.6. The predicted octanol–water partition coefficient (Wildman–Crippen LogP) is 0.794. The van der Waals surface area contributed by atoms with E-state index in [1.54, 1.807) is 35.8 Å². The number of hydrogen-bond acceptors (Lipinski definition) is 5. The minimum atomic E-state index is -0.404. The summed E-state index contributed by atoms with van der Waals surface area (Å²) in [6.07, 6.45) is 5.53. The van der Waals surface area contributed by atoms with Crippen molar-refractivity contribution in [3.63, 3.8) is 0 Å². The first-order chi connectivity index (χ1) is 12.1. The van der Waals surface area contributed by atoms with Crippen LogP contribution >= 0.6 is 11.3 Å². The summed E-state index contributed by atoms with van der Waals surface area (Å²) < 4.78 is 1.93. The van der Waals surface area contributed by atoms with Crippen molar-refractivity contribution in [2.75, 3.05) is 26.7 Å². The van der Waals surface area contributed by atoms with Crippen molar-refractivity contribution >= 4 is 23.2 Å². The van der Waals surface area contributed by atoms with Crippen molar-refractivity contribution in [1.29, 1.82) is 0 Å². The summed E-state index contributed by atoms with van der Waals surface area (Å²) in [4.78, 5) is 33.9. The lowest BCUT2D eigenvalue weighted by Crippen LogP contribution is -2.56. The van der Waals surface area contributed by atoms with Crippen LogP contribution in [0.1, 0.15) is 11.3 Å². The molecule has 3 heterocycles. The van der Waals surface area contributed by atoms with E-state index in [1.165, 1.54) is 4.88 Å². The molecular weight excluding hydrogens is 338 g/mol. The molecule has 1 fully saturated rings. The number of rotatable bonds is 7. The number of likely N-dealkylation sites (N-methyl/N-ethyl adjacent to an activating group) is 1. The van der Waals surface area contributed by atoms with Gasteiger partial charge in [-0.2, -0.15) is 0 Å². The van der Waals surface area contributed by atoms with Crippen molar-refractivity contribution in [2.45, 2.75) is 25.6 Å². The molecule has 1 atom stereocenters. The topological polar surface area (TPSA) is 70.5 Å². The molecule has 1 N–H and O–H groups in total. The first-order valence-corrected chi connectivity index (χ1v) is 9.25. The van der Waals surface area contributed by atoms with Crippen LogP contribution in [0.4, 0.5) is 0 Å². The second-order valence-electron chi connectivity index (χ2n) is 6.18. The highest BCUT2D eigenvalue weighted by Gasteiger charge is 2.32. The van der Waals surface area contributed by atoms with Gasteiger partial charge in [0.25, 0.3) is 0 Å². The van der Waals surface area contributed by atoms with Crippen molar-refractivity contribution in [3.8, 4) is 0 Å². The summed E-state index contributed by atoms with van der Waals surface area (Å²) in [6.45, 7) is 3.39. The highest BCUT2D eigenvalue weighted by Crippen LogP contribution is 2.17. The lowest BCUT2D eigenvalue weighted by molar-refractivity contribution is -0.138. The van der Waals surface area contributed by atoms with Crippen LogP contribution < -0.4 is 5.32 Å². The van der Waals surface area contributed by atoms with Crippen LogP contribution in [0.2, 0.25) is 0 Å². The van der Waals surface area contributed by atoms with Gasteiger partial charge in [0, 0.05) is 57.0 Å². The van der Waals surface area contributed by atoms with E-state index < -0.39 is 6.04 Å². The molecule has 0 bridgehead atoms. The molecule has 1 unspecified atom stereocenters. The molecule has 2 aromatic heterocycles. The second-order valence-corrected chi connectivity index (χ2v) is 7.21. The predicted molar refractivity (Wildman–Crippen MR) is 96.0 cm³/mol. The summed E-state index contributed by atoms with van der Waals surface area (Å²) in [5, 5.41) is 4.91. The molecule has 1 saturated heterocycles. The van der Waals surface area contributed by atoms with E-state index >= 15 is 0 Å². The number of carbonyl (C=O) groups excluding carboxylic acids is 2. The molecule has 0 spiro atoms. The molecule has 0 aliphatic carbocycles. The lowest BCUT2D eigenvalue weighted by Gasteiger charge is -2.35. The van der Waals surface area contributed by atoms with E-state index in [1.807, 2.05) is 22.2 Å². The van der Waals surface area contributed by atoms with Crippen LogP contribution in [-0.2, 0) is 22.7 Å². The zero-order chi connectivity index (χ0) is 17.6. The average Bonchev–Trinajstić information content (AvgIpc) is 3.29. The number of hydrogen-bond donors (Lipinski definition) is 1. The summed E-state index contributed by atoms with van der Waals surface area (Å²) in [7, 11) is 1.78. The number of amides is 2. The Morgan fingerprint density at radius 1 is 1.52 bits per heavy atom. The Hall–Kier alpha value is -2.19. The van der Waals surface area contributed by atoms with E-state index in [0.717, 1.165) is 6.54 Å². The van der Waals surface area contributed by atoms with Gasteiger partial charge in [0.1, 0.15) is 0 Å². The number of aromatic nitrogens is 2. The van der Waals surface area contributed by atoms with Gasteiger partial charge in [-0.15, -0.1) is 11.3 Å². The maximum Gasteiger partial charge on any atom is 0.237 e. The Balaban J connectivity index is 1.57. The average molecular weight is 361 g/mol. The monoisotopic (exact) mass is 361 g/mol. The first-order valence-electron chi connectivity index (χ1n) is 8.37. The normalized spacial score (nSPS) is 18.1. The SMILES string of the molecule is CN(CCn1ccnc1)C(=O)CC1C(=O)NCCN1Cc1cccs1. The molecule has 1 aliphatic heterocycles. The van der Waals surface area contributed by atoms with Gasteiger partial charge >= 0.3 is 0 Å². The van der Waals surface area contributed by atoms with Crippen LogP contribution in [0, 0.1) is 0 Å². The minimum absolute atomic E-state index is 0.0154. The third-order valence-electron chi connectivity index (χ3n) is 4.43. The summed E-state index contributed by atoms with van der Waals surface area (Å²) in [6, 6.07) is 3.67. The van der Waals surface area contributed by atoms with E-state index in [-0.39, 0.29) is 18.2 Å². The molecule has 1 aliphatic rings. The molecule has 8 heteroatoms. The molecule has 2 amide bonds. The standard InChI is InChI=1S/C17H23N5O2S/c1-20(8-9-21-6-4-18-13-21)16(23)11-15-17(24)19-5-7-22(15)12-14-3-2-10-25-14/h2-4,6,10,13,15H,5,7-9,11-12H2,1H3,(H,19,24). The highest BCUT2D eigenvalue weighted by molar-refractivity contribution is 7.09. The Labute approximate surface area is 151 Å². The lowest BCUT2D eigenvalue weighted by atomic mass is 10.1. The van der Waals surface area contributed by atoms with Crippen molar-refractivity contribution in [3.05, 3.63) is 41.1 Å². The fraction of sp³-hybridized carbons (Fsp3) is 0.471. The van der Waals surface area contributed by atoms with E-state index in [0.29, 0.717) is 26.2 Å².